The quantitative estimate of drug-likeness (QED) is 0.338. The van der Waals surface area contributed by atoms with Crippen molar-refractivity contribution in [1.29, 1.82) is 5.26 Å². The number of hydrogen-bond donors (Lipinski definition) is 3. The number of fused-ring (bicyclic) bond motifs is 1. The van der Waals surface area contributed by atoms with E-state index in [4.69, 9.17) is 9.72 Å². The lowest BCUT2D eigenvalue weighted by Gasteiger charge is -2.36. The van der Waals surface area contributed by atoms with Gasteiger partial charge in [-0.2, -0.15) is 10.4 Å². The zero-order valence-corrected chi connectivity index (χ0v) is 20.8. The van der Waals surface area contributed by atoms with E-state index in [0.717, 1.165) is 41.0 Å². The van der Waals surface area contributed by atoms with Crippen molar-refractivity contribution < 1.29 is 14.6 Å². The monoisotopic (exact) mass is 513 g/mol. The molecule has 194 valence electrons. The highest BCUT2D eigenvalue weighted by molar-refractivity contribution is 5.79. The summed E-state index contributed by atoms with van der Waals surface area (Å²) in [5.41, 5.74) is 5.22. The Balaban J connectivity index is 1.28. The van der Waals surface area contributed by atoms with Crippen molar-refractivity contribution in [2.24, 2.45) is 5.92 Å². The molecule has 2 aliphatic carbocycles. The topological polar surface area (TPSA) is 155 Å². The number of aliphatic hydroxyl groups excluding tert-OH is 1. The van der Waals surface area contributed by atoms with Crippen LogP contribution in [-0.2, 0) is 4.74 Å². The van der Waals surface area contributed by atoms with Crippen LogP contribution in [0.1, 0.15) is 37.3 Å². The number of aliphatic hydroxyl groups is 1. The number of amides is 1. The molecule has 4 heterocycles. The van der Waals surface area contributed by atoms with Crippen molar-refractivity contribution in [1.82, 2.24) is 34.9 Å². The fourth-order valence-corrected chi connectivity index (χ4v) is 5.00. The summed E-state index contributed by atoms with van der Waals surface area (Å²) >= 11 is 0. The Morgan fingerprint density at radius 1 is 1.21 bits per heavy atom. The number of pyridine rings is 1. The Labute approximate surface area is 218 Å². The van der Waals surface area contributed by atoms with Crippen LogP contribution in [0.4, 0.5) is 10.5 Å². The highest BCUT2D eigenvalue weighted by atomic mass is 16.5. The zero-order valence-electron chi connectivity index (χ0n) is 20.8. The van der Waals surface area contributed by atoms with Crippen LogP contribution in [0, 0.1) is 17.2 Å². The van der Waals surface area contributed by atoms with Crippen LogP contribution in [0.15, 0.2) is 42.9 Å². The molecule has 0 unspecified atom stereocenters. The van der Waals surface area contributed by atoms with E-state index in [0.29, 0.717) is 36.6 Å². The molecule has 1 amide bonds. The van der Waals surface area contributed by atoms with E-state index < -0.39 is 6.09 Å². The minimum absolute atomic E-state index is 0.152. The molecule has 4 aromatic rings. The molecule has 6 rings (SSSR count). The van der Waals surface area contributed by atoms with Gasteiger partial charge in [0.1, 0.15) is 11.8 Å². The van der Waals surface area contributed by atoms with Crippen LogP contribution in [0.2, 0.25) is 0 Å². The van der Waals surface area contributed by atoms with E-state index in [9.17, 15) is 15.2 Å². The van der Waals surface area contributed by atoms with Gasteiger partial charge in [-0.1, -0.05) is 5.21 Å². The fraction of sp³-hybridized carbons (Fsp3) is 0.385. The van der Waals surface area contributed by atoms with Gasteiger partial charge in [0.15, 0.2) is 0 Å². The second-order valence-electron chi connectivity index (χ2n) is 9.92. The van der Waals surface area contributed by atoms with Crippen LogP contribution in [0.25, 0.3) is 28.2 Å². The predicted octanol–water partition coefficient (Wildman–Crippen LogP) is 2.77. The Morgan fingerprint density at radius 2 is 2.05 bits per heavy atom. The molecule has 0 aliphatic heterocycles. The normalized spacial score (nSPS) is 22.2. The standard InChI is InChI=1S/C26H27N9O3/c1-28-26(37)38-14-15-4-17(5-15)31-22-9-23(25-3-2-18-6-16(10-27)11-30-35(18)25)29-12-21(22)24-13-34(33-32-24)19-7-20(36)8-19/h2-3,6,9,11-13,15,17,19-20,36H,4-5,7-8,14H2,1H3,(H,28,37)(H,29,31). The van der Waals surface area contributed by atoms with E-state index in [-0.39, 0.29) is 18.2 Å². The number of rotatable bonds is 7. The average molecular weight is 514 g/mol. The van der Waals surface area contributed by atoms with Crippen molar-refractivity contribution in [3.63, 3.8) is 0 Å². The summed E-state index contributed by atoms with van der Waals surface area (Å²) < 4.78 is 8.78. The van der Waals surface area contributed by atoms with Crippen molar-refractivity contribution in [2.75, 3.05) is 19.0 Å². The first-order chi connectivity index (χ1) is 18.5. The van der Waals surface area contributed by atoms with Crippen LogP contribution in [0.5, 0.6) is 0 Å². The Bertz CT molecular complexity index is 1530. The maximum atomic E-state index is 11.4. The molecular formula is C26H27N9O3. The minimum Gasteiger partial charge on any atom is -0.449 e. The molecule has 0 atom stereocenters. The summed E-state index contributed by atoms with van der Waals surface area (Å²) in [6, 6.07) is 10.1. The third-order valence-corrected chi connectivity index (χ3v) is 7.29. The number of carbonyl (C=O) groups is 1. The van der Waals surface area contributed by atoms with Crippen molar-refractivity contribution in [3.05, 3.63) is 48.4 Å². The molecule has 3 N–H and O–H groups in total. The Morgan fingerprint density at radius 3 is 2.82 bits per heavy atom. The number of nitriles is 1. The van der Waals surface area contributed by atoms with Crippen LogP contribution < -0.4 is 10.6 Å². The van der Waals surface area contributed by atoms with Gasteiger partial charge in [0.25, 0.3) is 0 Å². The summed E-state index contributed by atoms with van der Waals surface area (Å²) in [5.74, 6) is 0.300. The number of aromatic nitrogens is 6. The summed E-state index contributed by atoms with van der Waals surface area (Å²) in [6.07, 6.45) is 7.62. The minimum atomic E-state index is -0.417. The summed E-state index contributed by atoms with van der Waals surface area (Å²) in [7, 11) is 1.55. The van der Waals surface area contributed by atoms with E-state index in [1.807, 2.05) is 29.1 Å². The molecule has 0 aromatic carbocycles. The number of nitrogens with one attached hydrogen (secondary N) is 2. The van der Waals surface area contributed by atoms with Gasteiger partial charge in [-0.3, -0.25) is 4.98 Å². The molecule has 38 heavy (non-hydrogen) atoms. The van der Waals surface area contributed by atoms with E-state index in [2.05, 4.69) is 32.1 Å². The third-order valence-electron chi connectivity index (χ3n) is 7.29. The first kappa shape index (κ1) is 23.9. The number of anilines is 1. The van der Waals surface area contributed by atoms with Gasteiger partial charge in [-0.25, -0.2) is 14.0 Å². The molecule has 12 heteroatoms. The lowest BCUT2D eigenvalue weighted by Crippen LogP contribution is -2.39. The third kappa shape index (κ3) is 4.52. The lowest BCUT2D eigenvalue weighted by atomic mass is 9.80. The number of hydrogen-bond acceptors (Lipinski definition) is 9. The van der Waals surface area contributed by atoms with Gasteiger partial charge < -0.3 is 20.5 Å². The van der Waals surface area contributed by atoms with Crippen LogP contribution in [0.3, 0.4) is 0 Å². The first-order valence-corrected chi connectivity index (χ1v) is 12.6. The maximum Gasteiger partial charge on any atom is 0.406 e. The maximum absolute atomic E-state index is 11.4. The van der Waals surface area contributed by atoms with Gasteiger partial charge in [0.2, 0.25) is 0 Å². The number of ether oxygens (including phenoxy) is 1. The molecule has 2 aliphatic rings. The largest absolute Gasteiger partial charge is 0.449 e. The highest BCUT2D eigenvalue weighted by Gasteiger charge is 2.32. The van der Waals surface area contributed by atoms with E-state index in [1.54, 1.807) is 23.8 Å². The number of alkyl carbamates (subject to hydrolysis) is 1. The second-order valence-corrected chi connectivity index (χ2v) is 9.92. The molecule has 12 nitrogen and oxygen atoms in total. The van der Waals surface area contributed by atoms with E-state index in [1.165, 1.54) is 6.20 Å². The SMILES string of the molecule is CNC(=O)OCC1CC(Nc2cc(-c3ccc4cc(C#N)cnn34)ncc2-c2cn(C3CC(O)C3)nn2)C1. The van der Waals surface area contributed by atoms with Gasteiger partial charge in [-0.05, 0) is 55.9 Å². The van der Waals surface area contributed by atoms with Crippen molar-refractivity contribution in [2.45, 2.75) is 43.9 Å². The molecule has 2 saturated carbocycles. The van der Waals surface area contributed by atoms with Crippen molar-refractivity contribution >= 4 is 17.3 Å². The number of carbonyl (C=O) groups excluding carboxylic acids is 1. The lowest BCUT2D eigenvalue weighted by molar-refractivity contribution is 0.0426. The summed E-state index contributed by atoms with van der Waals surface area (Å²) in [5, 5.41) is 38.1. The smallest absolute Gasteiger partial charge is 0.406 e. The van der Waals surface area contributed by atoms with Gasteiger partial charge in [0, 0.05) is 30.5 Å². The van der Waals surface area contributed by atoms with Crippen molar-refractivity contribution in [3.8, 4) is 28.7 Å². The molecule has 0 saturated heterocycles. The van der Waals surface area contributed by atoms with Gasteiger partial charge in [0.05, 0.1) is 53.6 Å². The van der Waals surface area contributed by atoms with E-state index >= 15 is 0 Å². The molecular weight excluding hydrogens is 486 g/mol. The summed E-state index contributed by atoms with van der Waals surface area (Å²) in [4.78, 5) is 16.1. The molecule has 0 radical (unpaired) electrons. The molecule has 4 aromatic heterocycles. The zero-order chi connectivity index (χ0) is 26.2. The average Bonchev–Trinajstić information content (AvgIpc) is 3.54. The van der Waals surface area contributed by atoms with Gasteiger partial charge in [-0.15, -0.1) is 5.10 Å². The predicted molar refractivity (Wildman–Crippen MR) is 137 cm³/mol. The molecule has 0 spiro atoms. The Hall–Kier alpha value is -4.50. The molecule has 2 fully saturated rings. The van der Waals surface area contributed by atoms with Gasteiger partial charge >= 0.3 is 6.09 Å². The fourth-order valence-electron chi connectivity index (χ4n) is 5.00. The van der Waals surface area contributed by atoms with Crippen LogP contribution in [-0.4, -0.2) is 66.6 Å². The second kappa shape index (κ2) is 9.75. The summed E-state index contributed by atoms with van der Waals surface area (Å²) in [6.45, 7) is 0.389. The Kier molecular flexibility index (Phi) is 6.13. The number of nitrogens with zero attached hydrogens (tertiary/aromatic N) is 7. The molecule has 0 bridgehead atoms. The first-order valence-electron chi connectivity index (χ1n) is 12.6. The van der Waals surface area contributed by atoms with Crippen LogP contribution >= 0.6 is 0 Å². The highest BCUT2D eigenvalue weighted by Crippen LogP contribution is 2.37.